The molecule has 0 aliphatic carbocycles. The summed E-state index contributed by atoms with van der Waals surface area (Å²) >= 11 is 11.7. The number of pyridine rings is 1. The van der Waals surface area contributed by atoms with Gasteiger partial charge in [-0.15, -0.1) is 0 Å². The van der Waals surface area contributed by atoms with Gasteiger partial charge in [-0.25, -0.2) is 4.79 Å². The summed E-state index contributed by atoms with van der Waals surface area (Å²) in [5, 5.41) is 7.21. The first-order chi connectivity index (χ1) is 12.1. The van der Waals surface area contributed by atoms with Crippen LogP contribution >= 0.6 is 23.2 Å². The lowest BCUT2D eigenvalue weighted by molar-refractivity contribution is 0.247. The van der Waals surface area contributed by atoms with E-state index in [1.165, 1.54) is 0 Å². The largest absolute Gasteiger partial charge is 0.489 e. The molecule has 5 nitrogen and oxygen atoms in total. The van der Waals surface area contributed by atoms with Gasteiger partial charge in [-0.2, -0.15) is 0 Å². The van der Waals surface area contributed by atoms with Crippen molar-refractivity contribution in [1.29, 1.82) is 0 Å². The van der Waals surface area contributed by atoms with Gasteiger partial charge >= 0.3 is 6.03 Å². The molecular formula is C18H15Cl2N3O2. The van der Waals surface area contributed by atoms with Gasteiger partial charge in [0.1, 0.15) is 17.9 Å². The topological polar surface area (TPSA) is 63.2 Å². The smallest absolute Gasteiger partial charge is 0.319 e. The molecule has 0 aliphatic rings. The highest BCUT2D eigenvalue weighted by Gasteiger charge is 2.05. The molecule has 0 unspecified atom stereocenters. The summed E-state index contributed by atoms with van der Waals surface area (Å²) in [4.78, 5) is 16.2. The molecule has 1 aromatic heterocycles. The second kappa shape index (κ2) is 8.05. The van der Waals surface area contributed by atoms with E-state index in [1.54, 1.807) is 24.4 Å². The van der Waals surface area contributed by atoms with E-state index in [4.69, 9.17) is 27.9 Å². The first-order valence-corrected chi connectivity index (χ1v) is 8.35. The molecule has 2 N–H and O–H groups in total. The third-order valence-corrected chi connectivity index (χ3v) is 4.16. The van der Waals surface area contributed by atoms with Crippen molar-refractivity contribution in [1.82, 2.24) is 10.3 Å². The predicted molar refractivity (Wildman–Crippen MR) is 101 cm³/mol. The van der Waals surface area contributed by atoms with Gasteiger partial charge in [0.05, 0.1) is 16.6 Å². The molecule has 2 aromatic carbocycles. The lowest BCUT2D eigenvalue weighted by Crippen LogP contribution is -2.32. The first-order valence-electron chi connectivity index (χ1n) is 7.60. The SMILES string of the molecule is O=C(NCCOc1cccc2cccnc12)Nc1ccc(Cl)c(Cl)c1. The highest BCUT2D eigenvalue weighted by atomic mass is 35.5. The van der Waals surface area contributed by atoms with Crippen molar-refractivity contribution in [2.75, 3.05) is 18.5 Å². The Morgan fingerprint density at radius 2 is 1.92 bits per heavy atom. The third kappa shape index (κ3) is 4.53. The number of halogens is 2. The molecule has 3 aromatic rings. The number of nitrogens with one attached hydrogen (secondary N) is 2. The number of urea groups is 1. The molecule has 0 atom stereocenters. The zero-order valence-electron chi connectivity index (χ0n) is 13.1. The van der Waals surface area contributed by atoms with Crippen LogP contribution in [0.2, 0.25) is 10.0 Å². The lowest BCUT2D eigenvalue weighted by Gasteiger charge is -2.10. The fourth-order valence-corrected chi connectivity index (χ4v) is 2.57. The van der Waals surface area contributed by atoms with Gasteiger partial charge in [-0.3, -0.25) is 4.98 Å². The molecule has 25 heavy (non-hydrogen) atoms. The van der Waals surface area contributed by atoms with Gasteiger partial charge in [0.15, 0.2) is 0 Å². The Kier molecular flexibility index (Phi) is 5.58. The van der Waals surface area contributed by atoms with E-state index < -0.39 is 0 Å². The summed E-state index contributed by atoms with van der Waals surface area (Å²) in [7, 11) is 0. The van der Waals surface area contributed by atoms with Crippen LogP contribution in [0.15, 0.2) is 54.7 Å². The molecule has 0 aliphatic heterocycles. The van der Waals surface area contributed by atoms with E-state index in [-0.39, 0.29) is 6.03 Å². The molecule has 2 amide bonds. The average Bonchev–Trinajstić information content (AvgIpc) is 2.62. The van der Waals surface area contributed by atoms with E-state index in [9.17, 15) is 4.79 Å². The predicted octanol–water partition coefficient (Wildman–Crippen LogP) is 4.74. The van der Waals surface area contributed by atoms with Gasteiger partial charge in [0.25, 0.3) is 0 Å². The molecule has 0 spiro atoms. The summed E-state index contributed by atoms with van der Waals surface area (Å²) in [6.45, 7) is 0.668. The van der Waals surface area contributed by atoms with Crippen LogP contribution in [0.25, 0.3) is 10.9 Å². The summed E-state index contributed by atoms with van der Waals surface area (Å²) in [6.07, 6.45) is 1.72. The van der Waals surface area contributed by atoms with Crippen LogP contribution in [0.3, 0.4) is 0 Å². The normalized spacial score (nSPS) is 10.5. The molecule has 0 bridgehead atoms. The minimum Gasteiger partial charge on any atom is -0.489 e. The Morgan fingerprint density at radius 3 is 2.76 bits per heavy atom. The highest BCUT2D eigenvalue weighted by Crippen LogP contribution is 2.25. The maximum absolute atomic E-state index is 11.9. The zero-order chi connectivity index (χ0) is 17.6. The van der Waals surface area contributed by atoms with Crippen molar-refractivity contribution >= 4 is 45.8 Å². The maximum Gasteiger partial charge on any atom is 0.319 e. The lowest BCUT2D eigenvalue weighted by atomic mass is 10.2. The van der Waals surface area contributed by atoms with Crippen LogP contribution in [0.1, 0.15) is 0 Å². The van der Waals surface area contributed by atoms with Crippen molar-refractivity contribution in [3.63, 3.8) is 0 Å². The van der Waals surface area contributed by atoms with Gasteiger partial charge in [0, 0.05) is 17.3 Å². The number of carbonyl (C=O) groups is 1. The number of hydrogen-bond acceptors (Lipinski definition) is 3. The van der Waals surface area contributed by atoms with E-state index >= 15 is 0 Å². The molecule has 0 radical (unpaired) electrons. The van der Waals surface area contributed by atoms with Crippen LogP contribution in [-0.4, -0.2) is 24.2 Å². The van der Waals surface area contributed by atoms with Crippen LogP contribution in [-0.2, 0) is 0 Å². The van der Waals surface area contributed by atoms with Crippen molar-refractivity contribution in [3.8, 4) is 5.75 Å². The van der Waals surface area contributed by atoms with Gasteiger partial charge in [0.2, 0.25) is 0 Å². The zero-order valence-corrected chi connectivity index (χ0v) is 14.6. The van der Waals surface area contributed by atoms with Gasteiger partial charge in [-0.1, -0.05) is 41.4 Å². The van der Waals surface area contributed by atoms with Crippen molar-refractivity contribution < 1.29 is 9.53 Å². The Hall–Kier alpha value is -2.50. The number of benzene rings is 2. The van der Waals surface area contributed by atoms with Crippen molar-refractivity contribution in [2.45, 2.75) is 0 Å². The van der Waals surface area contributed by atoms with E-state index in [0.29, 0.717) is 34.6 Å². The van der Waals surface area contributed by atoms with Crippen molar-refractivity contribution in [3.05, 3.63) is 64.8 Å². The number of ether oxygens (including phenoxy) is 1. The van der Waals surface area contributed by atoms with Gasteiger partial charge in [-0.05, 0) is 30.3 Å². The van der Waals surface area contributed by atoms with Crippen LogP contribution in [0, 0.1) is 0 Å². The molecule has 0 fully saturated rings. The molecule has 0 saturated carbocycles. The van der Waals surface area contributed by atoms with Crippen LogP contribution in [0.5, 0.6) is 5.75 Å². The van der Waals surface area contributed by atoms with E-state index in [1.807, 2.05) is 30.3 Å². The molecule has 1 heterocycles. The Morgan fingerprint density at radius 1 is 1.08 bits per heavy atom. The minimum absolute atomic E-state index is 0.324. The molecule has 7 heteroatoms. The second-order valence-corrected chi connectivity index (χ2v) is 6.00. The molecule has 3 rings (SSSR count). The number of aromatic nitrogens is 1. The number of carbonyl (C=O) groups excluding carboxylic acids is 1. The summed E-state index contributed by atoms with van der Waals surface area (Å²) in [5.41, 5.74) is 1.36. The average molecular weight is 376 g/mol. The number of rotatable bonds is 5. The number of para-hydroxylation sites is 1. The number of amides is 2. The highest BCUT2D eigenvalue weighted by molar-refractivity contribution is 6.42. The summed E-state index contributed by atoms with van der Waals surface area (Å²) in [5.74, 6) is 0.685. The van der Waals surface area contributed by atoms with Crippen LogP contribution < -0.4 is 15.4 Å². The Bertz CT molecular complexity index is 897. The molecule has 128 valence electrons. The fourth-order valence-electron chi connectivity index (χ4n) is 2.27. The monoisotopic (exact) mass is 375 g/mol. The third-order valence-electron chi connectivity index (χ3n) is 3.42. The fraction of sp³-hybridized carbons (Fsp3) is 0.111. The number of hydrogen-bond donors (Lipinski definition) is 2. The number of fused-ring (bicyclic) bond motifs is 1. The number of nitrogens with zero attached hydrogens (tertiary/aromatic N) is 1. The Balaban J connectivity index is 1.49. The number of anilines is 1. The van der Waals surface area contributed by atoms with E-state index in [2.05, 4.69) is 15.6 Å². The van der Waals surface area contributed by atoms with Crippen LogP contribution in [0.4, 0.5) is 10.5 Å². The first kappa shape index (κ1) is 17.3. The standard InChI is InChI=1S/C18H15Cl2N3O2/c19-14-7-6-13(11-15(14)20)23-18(24)22-9-10-25-16-5-1-3-12-4-2-8-21-17(12)16/h1-8,11H,9-10H2,(H2,22,23,24). The summed E-state index contributed by atoms with van der Waals surface area (Å²) < 4.78 is 5.71. The molecular weight excluding hydrogens is 361 g/mol. The van der Waals surface area contributed by atoms with Gasteiger partial charge < -0.3 is 15.4 Å². The van der Waals surface area contributed by atoms with E-state index in [0.717, 1.165) is 10.9 Å². The second-order valence-electron chi connectivity index (χ2n) is 5.19. The summed E-state index contributed by atoms with van der Waals surface area (Å²) in [6, 6.07) is 14.1. The van der Waals surface area contributed by atoms with Crippen molar-refractivity contribution in [2.24, 2.45) is 0 Å². The minimum atomic E-state index is -0.349. The Labute approximate surface area is 154 Å². The molecule has 0 saturated heterocycles. The quantitative estimate of drug-likeness (QED) is 0.632. The maximum atomic E-state index is 11.9.